The molecule has 0 saturated carbocycles. The van der Waals surface area contributed by atoms with Crippen LogP contribution in [0.5, 0.6) is 0 Å². The minimum absolute atomic E-state index is 0.142. The number of imidazole rings is 1. The number of rotatable bonds is 5. The number of hydrogen-bond donors (Lipinski definition) is 0. The molecular formula is C17H13F3N2Se. The van der Waals surface area contributed by atoms with E-state index in [0.717, 1.165) is 10.5 Å². The van der Waals surface area contributed by atoms with Crippen LogP contribution in [0.3, 0.4) is 0 Å². The topological polar surface area (TPSA) is 17.8 Å². The Morgan fingerprint density at radius 1 is 1.00 bits per heavy atom. The van der Waals surface area contributed by atoms with Gasteiger partial charge in [-0.05, 0) is 0 Å². The molecule has 0 N–H and O–H groups in total. The molecule has 3 rings (SSSR count). The molecule has 0 aliphatic carbocycles. The van der Waals surface area contributed by atoms with E-state index in [1.165, 1.54) is 24.3 Å². The van der Waals surface area contributed by atoms with Gasteiger partial charge in [0, 0.05) is 0 Å². The van der Waals surface area contributed by atoms with E-state index in [1.54, 1.807) is 30.9 Å². The van der Waals surface area contributed by atoms with Crippen molar-refractivity contribution in [2.24, 2.45) is 0 Å². The summed E-state index contributed by atoms with van der Waals surface area (Å²) < 4.78 is 43.2. The van der Waals surface area contributed by atoms with Crippen LogP contribution in [0.4, 0.5) is 13.2 Å². The molecule has 0 radical (unpaired) electrons. The number of benzene rings is 2. The van der Waals surface area contributed by atoms with Gasteiger partial charge in [0.1, 0.15) is 0 Å². The molecule has 0 saturated heterocycles. The summed E-state index contributed by atoms with van der Waals surface area (Å²) in [7, 11) is 0. The predicted molar refractivity (Wildman–Crippen MR) is 83.1 cm³/mol. The van der Waals surface area contributed by atoms with E-state index in [1.807, 2.05) is 4.57 Å². The van der Waals surface area contributed by atoms with Crippen molar-refractivity contribution < 1.29 is 13.2 Å². The zero-order valence-electron chi connectivity index (χ0n) is 12.0. The van der Waals surface area contributed by atoms with Gasteiger partial charge in [-0.2, -0.15) is 0 Å². The van der Waals surface area contributed by atoms with E-state index < -0.39 is 11.6 Å². The standard InChI is InChI=1S/C17H13F3N2Se/c18-12-1-4-14(5-2-12)23-17(10-22-8-7-21-11-22)15-6-3-13(19)9-16(15)20/h1-9,11,17H,10H2. The van der Waals surface area contributed by atoms with Crippen LogP contribution in [0.15, 0.2) is 61.2 Å². The molecule has 0 spiro atoms. The van der Waals surface area contributed by atoms with Gasteiger partial charge in [-0.3, -0.25) is 0 Å². The Kier molecular flexibility index (Phi) is 4.84. The molecule has 1 heterocycles. The molecular weight excluding hydrogens is 368 g/mol. The summed E-state index contributed by atoms with van der Waals surface area (Å²) in [5.74, 6) is -1.45. The van der Waals surface area contributed by atoms with Crippen LogP contribution in [0.25, 0.3) is 0 Å². The van der Waals surface area contributed by atoms with Gasteiger partial charge in [0.25, 0.3) is 0 Å². The molecule has 0 amide bonds. The molecule has 0 aliphatic heterocycles. The van der Waals surface area contributed by atoms with Crippen LogP contribution in [0, 0.1) is 17.5 Å². The monoisotopic (exact) mass is 382 g/mol. The van der Waals surface area contributed by atoms with Gasteiger partial charge in [-0.25, -0.2) is 0 Å². The number of nitrogens with zero attached hydrogens (tertiary/aromatic N) is 2. The first-order valence-corrected chi connectivity index (χ1v) is 8.79. The predicted octanol–water partition coefficient (Wildman–Crippen LogP) is 3.07. The molecule has 1 atom stereocenters. The minimum atomic E-state index is -0.595. The van der Waals surface area contributed by atoms with Crippen molar-refractivity contribution in [2.45, 2.75) is 11.4 Å². The van der Waals surface area contributed by atoms with E-state index in [4.69, 9.17) is 0 Å². The van der Waals surface area contributed by atoms with Gasteiger partial charge < -0.3 is 0 Å². The molecule has 0 fully saturated rings. The van der Waals surface area contributed by atoms with Crippen molar-refractivity contribution in [1.82, 2.24) is 9.55 Å². The normalized spacial score (nSPS) is 12.3. The molecule has 1 aromatic heterocycles. The Labute approximate surface area is 138 Å². The van der Waals surface area contributed by atoms with Crippen molar-refractivity contribution >= 4 is 19.4 Å². The fourth-order valence-electron chi connectivity index (χ4n) is 2.23. The van der Waals surface area contributed by atoms with Crippen LogP contribution in [-0.4, -0.2) is 24.5 Å². The second-order valence-corrected chi connectivity index (χ2v) is 7.66. The Hall–Kier alpha value is -2.04. The molecule has 3 aromatic rings. The Morgan fingerprint density at radius 3 is 2.39 bits per heavy atom. The van der Waals surface area contributed by atoms with Crippen molar-refractivity contribution in [2.75, 3.05) is 0 Å². The number of hydrogen-bond acceptors (Lipinski definition) is 1. The van der Waals surface area contributed by atoms with Gasteiger partial charge >= 0.3 is 138 Å². The second kappa shape index (κ2) is 7.02. The van der Waals surface area contributed by atoms with E-state index in [2.05, 4.69) is 4.98 Å². The molecule has 1 unspecified atom stereocenters. The Balaban J connectivity index is 1.90. The average molecular weight is 381 g/mol. The Morgan fingerprint density at radius 2 is 1.74 bits per heavy atom. The van der Waals surface area contributed by atoms with E-state index in [-0.39, 0.29) is 25.6 Å². The third-order valence-electron chi connectivity index (χ3n) is 3.34. The summed E-state index contributed by atoms with van der Waals surface area (Å²) in [6, 6.07) is 9.85. The first kappa shape index (κ1) is 15.8. The van der Waals surface area contributed by atoms with Gasteiger partial charge in [0.2, 0.25) is 0 Å². The number of aromatic nitrogens is 2. The van der Waals surface area contributed by atoms with Gasteiger partial charge in [-0.15, -0.1) is 0 Å². The van der Waals surface area contributed by atoms with Crippen molar-refractivity contribution in [3.05, 3.63) is 84.2 Å². The molecule has 6 heteroatoms. The first-order valence-electron chi connectivity index (χ1n) is 6.95. The van der Waals surface area contributed by atoms with Crippen LogP contribution >= 0.6 is 0 Å². The van der Waals surface area contributed by atoms with Crippen molar-refractivity contribution in [3.8, 4) is 0 Å². The van der Waals surface area contributed by atoms with Crippen LogP contribution in [0.2, 0.25) is 0 Å². The maximum absolute atomic E-state index is 14.2. The molecule has 0 aliphatic rings. The number of halogens is 3. The van der Waals surface area contributed by atoms with Crippen molar-refractivity contribution in [1.29, 1.82) is 0 Å². The third kappa shape index (κ3) is 4.03. The molecule has 0 bridgehead atoms. The zero-order chi connectivity index (χ0) is 16.2. The molecule has 23 heavy (non-hydrogen) atoms. The van der Waals surface area contributed by atoms with Gasteiger partial charge in [0.15, 0.2) is 0 Å². The Bertz CT molecular complexity index is 773. The molecule has 2 aromatic carbocycles. The average Bonchev–Trinajstić information content (AvgIpc) is 3.02. The van der Waals surface area contributed by atoms with E-state index in [0.29, 0.717) is 12.1 Å². The summed E-state index contributed by atoms with van der Waals surface area (Å²) in [6.45, 7) is 0.528. The van der Waals surface area contributed by atoms with Crippen LogP contribution in [0.1, 0.15) is 10.4 Å². The van der Waals surface area contributed by atoms with Crippen molar-refractivity contribution in [3.63, 3.8) is 0 Å². The van der Waals surface area contributed by atoms with E-state index in [9.17, 15) is 13.2 Å². The fourth-order valence-corrected chi connectivity index (χ4v) is 4.71. The summed E-state index contributed by atoms with van der Waals surface area (Å²) >= 11 is -0.142. The summed E-state index contributed by atoms with van der Waals surface area (Å²) in [4.78, 5) is 3.84. The molecule has 118 valence electrons. The second-order valence-electron chi connectivity index (χ2n) is 4.99. The fraction of sp³-hybridized carbons (Fsp3) is 0.118. The van der Waals surface area contributed by atoms with Gasteiger partial charge in [-0.1, -0.05) is 0 Å². The summed E-state index contributed by atoms with van der Waals surface area (Å²) in [6.07, 6.45) is 5.12. The van der Waals surface area contributed by atoms with Crippen LogP contribution in [-0.2, 0) is 6.54 Å². The molecule has 2 nitrogen and oxygen atoms in total. The third-order valence-corrected chi connectivity index (χ3v) is 5.92. The maximum atomic E-state index is 14.2. The van der Waals surface area contributed by atoms with E-state index >= 15 is 0 Å². The van der Waals surface area contributed by atoms with Gasteiger partial charge in [0.05, 0.1) is 0 Å². The summed E-state index contributed by atoms with van der Waals surface area (Å²) in [5, 5.41) is 0. The first-order chi connectivity index (χ1) is 11.1. The zero-order valence-corrected chi connectivity index (χ0v) is 13.7. The SMILES string of the molecule is Fc1ccc([Se]C(Cn2ccnc2)c2ccc(F)cc2F)cc1. The quantitative estimate of drug-likeness (QED) is 0.622. The summed E-state index contributed by atoms with van der Waals surface area (Å²) in [5.41, 5.74) is 0.462. The van der Waals surface area contributed by atoms with Crippen LogP contribution < -0.4 is 4.46 Å².